The fourth-order valence-corrected chi connectivity index (χ4v) is 1.68. The lowest BCUT2D eigenvalue weighted by molar-refractivity contribution is -0.199. The molecule has 2 heteroatoms. The maximum atomic E-state index is 5.78. The Morgan fingerprint density at radius 1 is 1.58 bits per heavy atom. The second-order valence-electron chi connectivity index (χ2n) is 3.76. The third kappa shape index (κ3) is 2.46. The summed E-state index contributed by atoms with van der Waals surface area (Å²) in [6, 6.07) is 0. The first-order valence-corrected chi connectivity index (χ1v) is 4.93. The van der Waals surface area contributed by atoms with Crippen LogP contribution in [0.2, 0.25) is 0 Å². The summed E-state index contributed by atoms with van der Waals surface area (Å²) < 4.78 is 11.1. The van der Waals surface area contributed by atoms with Gasteiger partial charge in [0.15, 0.2) is 5.79 Å². The second-order valence-corrected chi connectivity index (χ2v) is 3.76. The van der Waals surface area contributed by atoms with Crippen LogP contribution in [0.3, 0.4) is 0 Å². The molecule has 1 aliphatic heterocycles. The van der Waals surface area contributed by atoms with Gasteiger partial charge in [-0.25, -0.2) is 0 Å². The Kier molecular flexibility index (Phi) is 3.53. The molecule has 1 fully saturated rings. The number of unbranched alkanes of at least 4 members (excludes halogenated alkanes) is 1. The fraction of sp³-hybridized carbons (Fsp3) is 1.00. The average molecular weight is 172 g/mol. The molecular weight excluding hydrogens is 152 g/mol. The van der Waals surface area contributed by atoms with Crippen molar-refractivity contribution < 1.29 is 9.47 Å². The molecule has 0 N–H and O–H groups in total. The largest absolute Gasteiger partial charge is 0.353 e. The molecule has 0 saturated carbocycles. The summed E-state index contributed by atoms with van der Waals surface area (Å²) in [6.07, 6.45) is 6.35. The molecule has 72 valence electrons. The van der Waals surface area contributed by atoms with E-state index in [0.29, 0.717) is 6.10 Å². The molecule has 0 bridgehead atoms. The van der Waals surface area contributed by atoms with Gasteiger partial charge < -0.3 is 9.47 Å². The summed E-state index contributed by atoms with van der Waals surface area (Å²) in [4.78, 5) is 0. The normalized spacial score (nSPS) is 35.8. The average Bonchev–Trinajstić information content (AvgIpc) is 2.45. The predicted octanol–water partition coefficient (Wildman–Crippen LogP) is 2.72. The Balaban J connectivity index is 2.25. The molecule has 2 atom stereocenters. The highest BCUT2D eigenvalue weighted by atomic mass is 16.7. The summed E-state index contributed by atoms with van der Waals surface area (Å²) in [5.41, 5.74) is 0. The summed E-state index contributed by atoms with van der Waals surface area (Å²) in [5.74, 6) is -0.293. The van der Waals surface area contributed by atoms with Crippen LogP contribution in [0.15, 0.2) is 0 Å². The van der Waals surface area contributed by atoms with Crippen LogP contribution in [0, 0.1) is 0 Å². The van der Waals surface area contributed by atoms with Gasteiger partial charge >= 0.3 is 0 Å². The van der Waals surface area contributed by atoms with Crippen molar-refractivity contribution in [3.05, 3.63) is 0 Å². The highest BCUT2D eigenvalue weighted by Gasteiger charge is 2.35. The van der Waals surface area contributed by atoms with Crippen molar-refractivity contribution in [2.24, 2.45) is 0 Å². The minimum Gasteiger partial charge on any atom is -0.353 e. The number of hydrogen-bond acceptors (Lipinski definition) is 2. The standard InChI is InChI=1S/C10H20O2/c1-4-5-6-9-7-8-10(2,11-3)12-9/h9H,4-8H2,1-3H3. The minimum atomic E-state index is -0.293. The van der Waals surface area contributed by atoms with E-state index in [-0.39, 0.29) is 5.79 Å². The molecule has 0 aromatic heterocycles. The van der Waals surface area contributed by atoms with E-state index in [1.165, 1.54) is 19.3 Å². The van der Waals surface area contributed by atoms with Crippen LogP contribution in [0.25, 0.3) is 0 Å². The summed E-state index contributed by atoms with van der Waals surface area (Å²) >= 11 is 0. The van der Waals surface area contributed by atoms with Crippen molar-refractivity contribution in [1.82, 2.24) is 0 Å². The van der Waals surface area contributed by atoms with E-state index in [9.17, 15) is 0 Å². The van der Waals surface area contributed by atoms with Gasteiger partial charge in [0, 0.05) is 13.5 Å². The molecule has 0 aliphatic carbocycles. The zero-order chi connectivity index (χ0) is 9.03. The van der Waals surface area contributed by atoms with E-state index < -0.39 is 0 Å². The molecule has 2 nitrogen and oxygen atoms in total. The van der Waals surface area contributed by atoms with Crippen molar-refractivity contribution in [2.45, 2.75) is 57.8 Å². The van der Waals surface area contributed by atoms with Crippen LogP contribution < -0.4 is 0 Å². The molecule has 0 amide bonds. The van der Waals surface area contributed by atoms with Gasteiger partial charge in [-0.1, -0.05) is 19.8 Å². The zero-order valence-corrected chi connectivity index (χ0v) is 8.43. The van der Waals surface area contributed by atoms with E-state index >= 15 is 0 Å². The lowest BCUT2D eigenvalue weighted by Crippen LogP contribution is -2.26. The number of rotatable bonds is 4. The topological polar surface area (TPSA) is 18.5 Å². The molecular formula is C10H20O2. The third-order valence-electron chi connectivity index (χ3n) is 2.65. The van der Waals surface area contributed by atoms with Gasteiger partial charge in [-0.05, 0) is 19.8 Å². The molecule has 0 spiro atoms. The van der Waals surface area contributed by atoms with Crippen molar-refractivity contribution >= 4 is 0 Å². The van der Waals surface area contributed by atoms with Crippen LogP contribution in [0.1, 0.15) is 46.0 Å². The third-order valence-corrected chi connectivity index (χ3v) is 2.65. The number of hydrogen-bond donors (Lipinski definition) is 0. The number of ether oxygens (including phenoxy) is 2. The Hall–Kier alpha value is -0.0800. The fourth-order valence-electron chi connectivity index (χ4n) is 1.68. The molecule has 12 heavy (non-hydrogen) atoms. The Bertz CT molecular complexity index is 134. The number of methoxy groups -OCH3 is 1. The lowest BCUT2D eigenvalue weighted by Gasteiger charge is -2.22. The predicted molar refractivity (Wildman–Crippen MR) is 49.0 cm³/mol. The van der Waals surface area contributed by atoms with Crippen LogP contribution >= 0.6 is 0 Å². The van der Waals surface area contributed by atoms with E-state index in [1.54, 1.807) is 7.11 Å². The smallest absolute Gasteiger partial charge is 0.165 e. The first-order valence-electron chi connectivity index (χ1n) is 4.93. The molecule has 0 radical (unpaired) electrons. The summed E-state index contributed by atoms with van der Waals surface area (Å²) in [6.45, 7) is 4.24. The highest BCUT2D eigenvalue weighted by Crippen LogP contribution is 2.32. The van der Waals surface area contributed by atoms with Gasteiger partial charge in [0.25, 0.3) is 0 Å². The molecule has 1 aliphatic rings. The van der Waals surface area contributed by atoms with Gasteiger partial charge in [-0.2, -0.15) is 0 Å². The van der Waals surface area contributed by atoms with E-state index in [1.807, 2.05) is 6.92 Å². The summed E-state index contributed by atoms with van der Waals surface area (Å²) in [7, 11) is 1.72. The van der Waals surface area contributed by atoms with Crippen LogP contribution in [0.5, 0.6) is 0 Å². The molecule has 2 unspecified atom stereocenters. The van der Waals surface area contributed by atoms with Crippen LogP contribution in [0.4, 0.5) is 0 Å². The molecule has 1 rings (SSSR count). The Labute approximate surface area is 75.2 Å². The molecule has 0 aromatic rings. The Morgan fingerprint density at radius 2 is 2.33 bits per heavy atom. The zero-order valence-electron chi connectivity index (χ0n) is 8.43. The molecule has 0 aromatic carbocycles. The van der Waals surface area contributed by atoms with E-state index in [2.05, 4.69) is 6.92 Å². The van der Waals surface area contributed by atoms with Gasteiger partial charge in [0.2, 0.25) is 0 Å². The second kappa shape index (κ2) is 4.24. The summed E-state index contributed by atoms with van der Waals surface area (Å²) in [5, 5.41) is 0. The van der Waals surface area contributed by atoms with Crippen LogP contribution in [-0.2, 0) is 9.47 Å². The molecule has 1 saturated heterocycles. The van der Waals surface area contributed by atoms with Crippen molar-refractivity contribution in [3.63, 3.8) is 0 Å². The monoisotopic (exact) mass is 172 g/mol. The van der Waals surface area contributed by atoms with Crippen molar-refractivity contribution in [1.29, 1.82) is 0 Å². The maximum absolute atomic E-state index is 5.78. The first kappa shape index (κ1) is 10.0. The highest BCUT2D eigenvalue weighted by molar-refractivity contribution is 4.76. The van der Waals surface area contributed by atoms with E-state index in [4.69, 9.17) is 9.47 Å². The van der Waals surface area contributed by atoms with Crippen LogP contribution in [-0.4, -0.2) is 19.0 Å². The van der Waals surface area contributed by atoms with Crippen molar-refractivity contribution in [3.8, 4) is 0 Å². The lowest BCUT2D eigenvalue weighted by atomic mass is 10.1. The maximum Gasteiger partial charge on any atom is 0.165 e. The quantitative estimate of drug-likeness (QED) is 0.649. The van der Waals surface area contributed by atoms with Gasteiger partial charge in [0.05, 0.1) is 6.10 Å². The van der Waals surface area contributed by atoms with E-state index in [0.717, 1.165) is 12.8 Å². The van der Waals surface area contributed by atoms with Crippen molar-refractivity contribution in [2.75, 3.05) is 7.11 Å². The first-order chi connectivity index (χ1) is 5.70. The van der Waals surface area contributed by atoms with Gasteiger partial charge in [-0.15, -0.1) is 0 Å². The SMILES string of the molecule is CCCCC1CCC(C)(OC)O1. The van der Waals surface area contributed by atoms with Gasteiger partial charge in [-0.3, -0.25) is 0 Å². The minimum absolute atomic E-state index is 0.293. The van der Waals surface area contributed by atoms with Gasteiger partial charge in [0.1, 0.15) is 0 Å². The Morgan fingerprint density at radius 3 is 2.83 bits per heavy atom. The molecule has 1 heterocycles.